The molecule has 0 bridgehead atoms. The van der Waals surface area contributed by atoms with E-state index < -0.39 is 23.2 Å². The van der Waals surface area contributed by atoms with Crippen molar-refractivity contribution < 1.29 is 9.59 Å². The first kappa shape index (κ1) is 14.0. The van der Waals surface area contributed by atoms with E-state index in [0.717, 1.165) is 5.56 Å². The number of hydrogen-bond donors (Lipinski definition) is 1. The Morgan fingerprint density at radius 1 is 1.00 bits per heavy atom. The summed E-state index contributed by atoms with van der Waals surface area (Å²) < 4.78 is 0. The zero-order chi connectivity index (χ0) is 15.7. The average molecular weight is 290 g/mol. The molecule has 1 aliphatic rings. The zero-order valence-corrected chi connectivity index (χ0v) is 11.8. The molecule has 108 valence electrons. The maximum atomic E-state index is 12.7. The fraction of sp³-hybridized carbons (Fsp3) is 0.167. The highest BCUT2D eigenvalue weighted by atomic mass is 16.2. The summed E-state index contributed by atoms with van der Waals surface area (Å²) in [5, 5.41) is 9.52. The van der Waals surface area contributed by atoms with Gasteiger partial charge in [-0.2, -0.15) is 5.26 Å². The van der Waals surface area contributed by atoms with Gasteiger partial charge in [-0.15, -0.1) is 0 Å². The number of primary amides is 1. The van der Waals surface area contributed by atoms with Crippen LogP contribution in [0.15, 0.2) is 60.7 Å². The molecule has 1 saturated carbocycles. The minimum Gasteiger partial charge on any atom is -0.368 e. The maximum Gasteiger partial charge on any atom is 0.239 e. The van der Waals surface area contributed by atoms with Crippen LogP contribution >= 0.6 is 0 Å². The van der Waals surface area contributed by atoms with E-state index in [1.165, 1.54) is 0 Å². The number of ketones is 1. The van der Waals surface area contributed by atoms with Gasteiger partial charge in [-0.05, 0) is 5.56 Å². The van der Waals surface area contributed by atoms with Gasteiger partial charge in [0, 0.05) is 11.5 Å². The van der Waals surface area contributed by atoms with Gasteiger partial charge in [-0.1, -0.05) is 60.7 Å². The summed E-state index contributed by atoms with van der Waals surface area (Å²) in [5.74, 6) is -2.16. The van der Waals surface area contributed by atoms with E-state index in [-0.39, 0.29) is 5.78 Å². The van der Waals surface area contributed by atoms with E-state index in [4.69, 9.17) is 5.73 Å². The van der Waals surface area contributed by atoms with E-state index in [1.807, 2.05) is 42.5 Å². The molecule has 0 aliphatic heterocycles. The number of benzene rings is 2. The van der Waals surface area contributed by atoms with Crippen LogP contribution in [0.1, 0.15) is 21.8 Å². The van der Waals surface area contributed by atoms with Crippen molar-refractivity contribution in [2.45, 2.75) is 5.92 Å². The summed E-state index contributed by atoms with van der Waals surface area (Å²) >= 11 is 0. The molecule has 0 saturated heterocycles. The maximum absolute atomic E-state index is 12.7. The van der Waals surface area contributed by atoms with Gasteiger partial charge in [0.05, 0.1) is 12.0 Å². The van der Waals surface area contributed by atoms with E-state index >= 15 is 0 Å². The summed E-state index contributed by atoms with van der Waals surface area (Å²) in [6, 6.07) is 19.8. The van der Waals surface area contributed by atoms with Gasteiger partial charge in [0.1, 0.15) is 0 Å². The molecule has 3 rings (SSSR count). The molecule has 22 heavy (non-hydrogen) atoms. The van der Waals surface area contributed by atoms with Gasteiger partial charge in [-0.25, -0.2) is 0 Å². The Morgan fingerprint density at radius 3 is 2.05 bits per heavy atom. The Morgan fingerprint density at radius 2 is 1.55 bits per heavy atom. The monoisotopic (exact) mass is 290 g/mol. The molecule has 1 amide bonds. The number of nitrogens with zero attached hydrogens (tertiary/aromatic N) is 1. The number of amides is 1. The lowest BCUT2D eigenvalue weighted by Gasteiger charge is -2.03. The summed E-state index contributed by atoms with van der Waals surface area (Å²) in [7, 11) is 0. The van der Waals surface area contributed by atoms with E-state index in [0.29, 0.717) is 5.56 Å². The number of Topliss-reactive ketones (excluding diaryl/α,β-unsaturated/α-hetero) is 1. The summed E-state index contributed by atoms with van der Waals surface area (Å²) in [6.07, 6.45) is 0. The fourth-order valence-electron chi connectivity index (χ4n) is 3.14. The molecule has 4 nitrogen and oxygen atoms in total. The third-order valence-electron chi connectivity index (χ3n) is 4.30. The lowest BCUT2D eigenvalue weighted by molar-refractivity contribution is -0.121. The highest BCUT2D eigenvalue weighted by Gasteiger charge is 2.73. The van der Waals surface area contributed by atoms with Crippen LogP contribution in [0.5, 0.6) is 0 Å². The summed E-state index contributed by atoms with van der Waals surface area (Å²) in [6.45, 7) is 0. The summed E-state index contributed by atoms with van der Waals surface area (Å²) in [4.78, 5) is 24.6. The largest absolute Gasteiger partial charge is 0.368 e. The van der Waals surface area contributed by atoms with Crippen molar-refractivity contribution in [3.8, 4) is 6.07 Å². The molecule has 0 aromatic heterocycles. The van der Waals surface area contributed by atoms with Crippen LogP contribution in [-0.4, -0.2) is 11.7 Å². The molecule has 1 fully saturated rings. The van der Waals surface area contributed by atoms with Crippen LogP contribution in [0.2, 0.25) is 0 Å². The second kappa shape index (κ2) is 5.12. The SMILES string of the molecule is N#CC1(C(N)=O)C(C(=O)c2ccccc2)C1c1ccccc1. The average Bonchev–Trinajstić information content (AvgIpc) is 3.26. The van der Waals surface area contributed by atoms with Crippen molar-refractivity contribution in [1.82, 2.24) is 0 Å². The van der Waals surface area contributed by atoms with E-state index in [2.05, 4.69) is 0 Å². The molecule has 3 atom stereocenters. The quantitative estimate of drug-likeness (QED) is 0.877. The molecule has 0 spiro atoms. The van der Waals surface area contributed by atoms with Crippen LogP contribution in [0.25, 0.3) is 0 Å². The molecule has 0 radical (unpaired) electrons. The van der Waals surface area contributed by atoms with Crippen LogP contribution in [0.4, 0.5) is 0 Å². The Balaban J connectivity index is 2.04. The second-order valence-electron chi connectivity index (χ2n) is 5.44. The summed E-state index contributed by atoms with van der Waals surface area (Å²) in [5.41, 5.74) is 5.29. The standard InChI is InChI=1S/C18H14N2O2/c19-11-18(17(20)22)14(12-7-3-1-4-8-12)15(18)16(21)13-9-5-2-6-10-13/h1-10,14-15H,(H2,20,22). The van der Waals surface area contributed by atoms with E-state index in [9.17, 15) is 14.9 Å². The van der Waals surface area contributed by atoms with Crippen LogP contribution in [0.3, 0.4) is 0 Å². The third-order valence-corrected chi connectivity index (χ3v) is 4.30. The highest BCUT2D eigenvalue weighted by Crippen LogP contribution is 2.65. The molecular weight excluding hydrogens is 276 g/mol. The highest BCUT2D eigenvalue weighted by molar-refractivity contribution is 6.08. The molecule has 3 unspecified atom stereocenters. The number of nitriles is 1. The van der Waals surface area contributed by atoms with Gasteiger partial charge in [-0.3, -0.25) is 9.59 Å². The predicted molar refractivity (Wildman–Crippen MR) is 80.7 cm³/mol. The van der Waals surface area contributed by atoms with Crippen molar-refractivity contribution in [3.05, 3.63) is 71.8 Å². The lowest BCUT2D eigenvalue weighted by Crippen LogP contribution is -2.27. The van der Waals surface area contributed by atoms with Crippen molar-refractivity contribution in [2.75, 3.05) is 0 Å². The van der Waals surface area contributed by atoms with Gasteiger partial charge in [0.2, 0.25) is 5.91 Å². The molecule has 4 heteroatoms. The van der Waals surface area contributed by atoms with Crippen molar-refractivity contribution in [2.24, 2.45) is 17.1 Å². The van der Waals surface area contributed by atoms with Crippen LogP contribution < -0.4 is 5.73 Å². The van der Waals surface area contributed by atoms with Crippen LogP contribution in [0, 0.1) is 22.7 Å². The number of hydrogen-bond acceptors (Lipinski definition) is 3. The Kier molecular flexibility index (Phi) is 3.26. The van der Waals surface area contributed by atoms with E-state index in [1.54, 1.807) is 24.3 Å². The zero-order valence-electron chi connectivity index (χ0n) is 11.8. The Bertz CT molecular complexity index is 765. The first-order chi connectivity index (χ1) is 10.6. The number of nitrogens with two attached hydrogens (primary N) is 1. The fourth-order valence-corrected chi connectivity index (χ4v) is 3.14. The first-order valence-corrected chi connectivity index (χ1v) is 6.98. The Hall–Kier alpha value is -2.93. The van der Waals surface area contributed by atoms with Crippen molar-refractivity contribution in [1.29, 1.82) is 5.26 Å². The molecular formula is C18H14N2O2. The van der Waals surface area contributed by atoms with Gasteiger partial charge in [0.15, 0.2) is 11.2 Å². The third kappa shape index (κ3) is 1.91. The number of carbonyl (C=O) groups excluding carboxylic acids is 2. The topological polar surface area (TPSA) is 83.9 Å². The molecule has 0 heterocycles. The normalized spacial score (nSPS) is 26.0. The Labute approximate surface area is 128 Å². The van der Waals surface area contributed by atoms with Crippen molar-refractivity contribution >= 4 is 11.7 Å². The van der Waals surface area contributed by atoms with Gasteiger partial charge >= 0.3 is 0 Å². The molecule has 2 aromatic carbocycles. The number of carbonyl (C=O) groups is 2. The van der Waals surface area contributed by atoms with Crippen molar-refractivity contribution in [3.63, 3.8) is 0 Å². The van der Waals surface area contributed by atoms with Gasteiger partial charge < -0.3 is 5.73 Å². The second-order valence-corrected chi connectivity index (χ2v) is 5.44. The molecule has 2 aromatic rings. The lowest BCUT2D eigenvalue weighted by atomic mass is 9.98. The number of rotatable bonds is 4. The van der Waals surface area contributed by atoms with Gasteiger partial charge in [0.25, 0.3) is 0 Å². The smallest absolute Gasteiger partial charge is 0.239 e. The first-order valence-electron chi connectivity index (χ1n) is 6.98. The minimum atomic E-state index is -1.45. The predicted octanol–water partition coefficient (Wildman–Crippen LogP) is 2.28. The minimum absolute atomic E-state index is 0.213. The molecule has 2 N–H and O–H groups in total. The molecule has 1 aliphatic carbocycles. The van der Waals surface area contributed by atoms with Crippen LogP contribution in [-0.2, 0) is 4.79 Å².